The smallest absolute Gasteiger partial charge is 0.223 e. The highest BCUT2D eigenvalue weighted by molar-refractivity contribution is 6.18. The molecule has 1 aromatic heterocycles. The molecule has 2 heterocycles. The van der Waals surface area contributed by atoms with E-state index in [1.807, 2.05) is 11.8 Å². The second kappa shape index (κ2) is 9.69. The summed E-state index contributed by atoms with van der Waals surface area (Å²) in [5.74, 6) is 2.40. The number of amides is 2. The van der Waals surface area contributed by atoms with Gasteiger partial charge < -0.3 is 15.0 Å². The quantitative estimate of drug-likeness (QED) is 0.722. The molecule has 8 heteroatoms. The Bertz CT molecular complexity index is 865. The van der Waals surface area contributed by atoms with Crippen molar-refractivity contribution < 1.29 is 14.3 Å². The van der Waals surface area contributed by atoms with Crippen molar-refractivity contribution >= 4 is 29.1 Å². The summed E-state index contributed by atoms with van der Waals surface area (Å²) in [7, 11) is 0. The third-order valence-electron chi connectivity index (χ3n) is 4.77. The maximum Gasteiger partial charge on any atom is 0.223 e. The second-order valence-electron chi connectivity index (χ2n) is 7.11. The Balaban J connectivity index is 1.66. The Morgan fingerprint density at radius 2 is 1.90 bits per heavy atom. The van der Waals surface area contributed by atoms with E-state index in [0.717, 1.165) is 24.4 Å². The summed E-state index contributed by atoms with van der Waals surface area (Å²) >= 11 is 5.67. The number of anilines is 1. The summed E-state index contributed by atoms with van der Waals surface area (Å²) in [6, 6.07) is 8.91. The molecular formula is C21H25ClN4O3. The summed E-state index contributed by atoms with van der Waals surface area (Å²) in [5.41, 5.74) is 1.54. The topological polar surface area (TPSA) is 84.4 Å². The van der Waals surface area contributed by atoms with E-state index in [1.165, 1.54) is 6.92 Å². The fourth-order valence-corrected chi connectivity index (χ4v) is 3.51. The summed E-state index contributed by atoms with van der Waals surface area (Å²) in [4.78, 5) is 34.2. The molecule has 1 aromatic carbocycles. The molecule has 2 aromatic rings. The molecule has 1 saturated heterocycles. The first-order chi connectivity index (χ1) is 13.9. The van der Waals surface area contributed by atoms with Crippen LogP contribution in [0.1, 0.15) is 43.6 Å². The van der Waals surface area contributed by atoms with Gasteiger partial charge >= 0.3 is 0 Å². The summed E-state index contributed by atoms with van der Waals surface area (Å²) in [6.45, 7) is 4.77. The van der Waals surface area contributed by atoms with Crippen LogP contribution in [0.4, 0.5) is 5.69 Å². The van der Waals surface area contributed by atoms with Crippen LogP contribution in [0, 0.1) is 6.92 Å². The minimum absolute atomic E-state index is 0.107. The van der Waals surface area contributed by atoms with Crippen LogP contribution in [0.25, 0.3) is 0 Å². The minimum atomic E-state index is -0.120. The SMILES string of the molecule is CC(=O)Nc1ccc(Oc2cc(C)nc(C3CCN(C(=O)CCCl)CC3)n2)cc1. The largest absolute Gasteiger partial charge is 0.439 e. The average molecular weight is 417 g/mol. The molecule has 3 rings (SSSR count). The summed E-state index contributed by atoms with van der Waals surface area (Å²) in [5, 5.41) is 2.72. The molecule has 7 nitrogen and oxygen atoms in total. The predicted molar refractivity (Wildman–Crippen MR) is 111 cm³/mol. The highest BCUT2D eigenvalue weighted by atomic mass is 35.5. The lowest BCUT2D eigenvalue weighted by Gasteiger charge is -2.31. The van der Waals surface area contributed by atoms with E-state index in [9.17, 15) is 9.59 Å². The Morgan fingerprint density at radius 3 is 2.52 bits per heavy atom. The lowest BCUT2D eigenvalue weighted by molar-refractivity contribution is -0.131. The second-order valence-corrected chi connectivity index (χ2v) is 7.49. The lowest BCUT2D eigenvalue weighted by atomic mass is 9.95. The number of likely N-dealkylation sites (tertiary alicyclic amines) is 1. The van der Waals surface area contributed by atoms with Crippen LogP contribution in [-0.2, 0) is 9.59 Å². The molecule has 0 bridgehead atoms. The van der Waals surface area contributed by atoms with Crippen molar-refractivity contribution in [2.75, 3.05) is 24.3 Å². The average Bonchev–Trinajstić information content (AvgIpc) is 2.69. The van der Waals surface area contributed by atoms with Crippen molar-refractivity contribution in [3.8, 4) is 11.6 Å². The number of carbonyl (C=O) groups excluding carboxylic acids is 2. The number of halogens is 1. The van der Waals surface area contributed by atoms with Gasteiger partial charge in [-0.1, -0.05) is 0 Å². The van der Waals surface area contributed by atoms with Crippen LogP contribution in [0.15, 0.2) is 30.3 Å². The Morgan fingerprint density at radius 1 is 1.21 bits per heavy atom. The lowest BCUT2D eigenvalue weighted by Crippen LogP contribution is -2.38. The molecule has 154 valence electrons. The van der Waals surface area contributed by atoms with E-state index in [-0.39, 0.29) is 17.7 Å². The third-order valence-corrected chi connectivity index (χ3v) is 4.96. The number of carbonyl (C=O) groups is 2. The van der Waals surface area contributed by atoms with Gasteiger partial charge in [0.1, 0.15) is 11.6 Å². The van der Waals surface area contributed by atoms with Gasteiger partial charge in [0.15, 0.2) is 0 Å². The zero-order valence-corrected chi connectivity index (χ0v) is 17.4. The molecule has 0 aliphatic carbocycles. The van der Waals surface area contributed by atoms with Gasteiger partial charge in [0.25, 0.3) is 0 Å². The van der Waals surface area contributed by atoms with E-state index in [1.54, 1.807) is 30.3 Å². The van der Waals surface area contributed by atoms with Gasteiger partial charge in [-0.15, -0.1) is 11.6 Å². The number of hydrogen-bond donors (Lipinski definition) is 1. The van der Waals surface area contributed by atoms with Crippen molar-refractivity contribution in [1.82, 2.24) is 14.9 Å². The minimum Gasteiger partial charge on any atom is -0.439 e. The number of nitrogens with one attached hydrogen (secondary N) is 1. The number of aryl methyl sites for hydroxylation is 1. The van der Waals surface area contributed by atoms with Gasteiger partial charge in [-0.2, -0.15) is 4.98 Å². The number of ether oxygens (including phenoxy) is 1. The molecule has 1 aliphatic rings. The van der Waals surface area contributed by atoms with Crippen LogP contribution in [0.2, 0.25) is 0 Å². The van der Waals surface area contributed by atoms with Gasteiger partial charge in [-0.05, 0) is 44.0 Å². The number of benzene rings is 1. The van der Waals surface area contributed by atoms with E-state index >= 15 is 0 Å². The first-order valence-corrected chi connectivity index (χ1v) is 10.2. The molecule has 0 spiro atoms. The number of nitrogens with zero attached hydrogens (tertiary/aromatic N) is 3. The maximum atomic E-state index is 12.0. The Kier molecular flexibility index (Phi) is 7.04. The molecule has 1 aliphatic heterocycles. The van der Waals surface area contributed by atoms with Crippen LogP contribution < -0.4 is 10.1 Å². The van der Waals surface area contributed by atoms with Crippen molar-refractivity contribution in [3.05, 3.63) is 41.9 Å². The van der Waals surface area contributed by atoms with E-state index in [0.29, 0.717) is 42.7 Å². The highest BCUT2D eigenvalue weighted by Gasteiger charge is 2.25. The highest BCUT2D eigenvalue weighted by Crippen LogP contribution is 2.29. The molecule has 2 amide bonds. The maximum absolute atomic E-state index is 12.0. The van der Waals surface area contributed by atoms with Gasteiger partial charge in [0.05, 0.1) is 0 Å². The molecule has 0 atom stereocenters. The molecule has 1 N–H and O–H groups in total. The van der Waals surface area contributed by atoms with Crippen molar-refractivity contribution in [2.24, 2.45) is 0 Å². The van der Waals surface area contributed by atoms with Crippen LogP contribution >= 0.6 is 11.6 Å². The van der Waals surface area contributed by atoms with Crippen LogP contribution in [-0.4, -0.2) is 45.7 Å². The molecule has 0 saturated carbocycles. The van der Waals surface area contributed by atoms with E-state index in [4.69, 9.17) is 16.3 Å². The molecule has 0 unspecified atom stereocenters. The van der Waals surface area contributed by atoms with Gasteiger partial charge in [0.2, 0.25) is 17.7 Å². The predicted octanol–water partition coefficient (Wildman–Crippen LogP) is 3.87. The Labute approximate surface area is 175 Å². The Hall–Kier alpha value is -2.67. The van der Waals surface area contributed by atoms with Crippen molar-refractivity contribution in [2.45, 2.75) is 39.0 Å². The number of rotatable bonds is 6. The normalized spacial score (nSPS) is 14.5. The van der Waals surface area contributed by atoms with Crippen molar-refractivity contribution in [3.63, 3.8) is 0 Å². The summed E-state index contributed by atoms with van der Waals surface area (Å²) < 4.78 is 5.90. The van der Waals surface area contributed by atoms with Gasteiger partial charge in [0, 0.05) is 55.7 Å². The number of aromatic nitrogens is 2. The van der Waals surface area contributed by atoms with Crippen LogP contribution in [0.3, 0.4) is 0 Å². The number of alkyl halides is 1. The van der Waals surface area contributed by atoms with Crippen LogP contribution in [0.5, 0.6) is 11.6 Å². The van der Waals surface area contributed by atoms with E-state index in [2.05, 4.69) is 15.3 Å². The molecular weight excluding hydrogens is 392 g/mol. The number of hydrogen-bond acceptors (Lipinski definition) is 5. The van der Waals surface area contributed by atoms with Crippen molar-refractivity contribution in [1.29, 1.82) is 0 Å². The zero-order chi connectivity index (χ0) is 20.8. The first-order valence-electron chi connectivity index (χ1n) is 9.69. The third kappa shape index (κ3) is 5.90. The fourth-order valence-electron chi connectivity index (χ4n) is 3.35. The molecule has 1 fully saturated rings. The van der Waals surface area contributed by atoms with E-state index < -0.39 is 0 Å². The number of piperidine rings is 1. The summed E-state index contributed by atoms with van der Waals surface area (Å²) in [6.07, 6.45) is 2.02. The van der Waals surface area contributed by atoms with Gasteiger partial charge in [-0.3, -0.25) is 9.59 Å². The molecule has 29 heavy (non-hydrogen) atoms. The molecule has 0 radical (unpaired) electrons. The first kappa shape index (κ1) is 21.0. The standard InChI is InChI=1S/C21H25ClN4O3/c1-14-13-19(29-18-5-3-17(4-6-18)24-15(2)27)25-21(23-14)16-8-11-26(12-9-16)20(28)7-10-22/h3-6,13,16H,7-12H2,1-2H3,(H,24,27). The monoisotopic (exact) mass is 416 g/mol. The fraction of sp³-hybridized carbons (Fsp3) is 0.429. The zero-order valence-electron chi connectivity index (χ0n) is 16.7. The van der Waals surface area contributed by atoms with Gasteiger partial charge in [-0.25, -0.2) is 4.98 Å².